The van der Waals surface area contributed by atoms with E-state index >= 15 is 0 Å². The SMILES string of the molecule is COc1ccc([C@H]2O[C@H](COC(C)=O)[C@@H](C)[C@H](O[C@H]3O[C@H](COC(C)=O)[C@@H](C)[C@H](C)[C@@H]3OC(C)=O)[C@@H]2O)cc1O. The van der Waals surface area contributed by atoms with Crippen LogP contribution < -0.4 is 4.74 Å². The standard InChI is InChI=1S/C28H40O12/c1-13-14(2)26(37-18(6)31)28(39-22(13)11-35-16(4)29)40-25-15(3)23(12-36-17(5)30)38-27(24(25)33)19-8-9-21(34-7)20(32)10-19/h8-10,13-15,22-28,32-33H,11-12H2,1-7H3/t13-,14-,15+,22+,23+,24-,25-,26-,27+,28+/m0/s1. The number of phenols is 1. The Balaban J connectivity index is 1.94. The van der Waals surface area contributed by atoms with E-state index in [-0.39, 0.29) is 36.5 Å². The number of ether oxygens (including phenoxy) is 7. The van der Waals surface area contributed by atoms with Crippen LogP contribution in [0.2, 0.25) is 0 Å². The molecule has 0 aromatic heterocycles. The number of rotatable bonds is 9. The van der Waals surface area contributed by atoms with Crippen molar-refractivity contribution in [3.63, 3.8) is 0 Å². The third-order valence-corrected chi connectivity index (χ3v) is 7.61. The predicted octanol–water partition coefficient (Wildman–Crippen LogP) is 2.28. The number of esters is 3. The Morgan fingerprint density at radius 2 is 1.45 bits per heavy atom. The summed E-state index contributed by atoms with van der Waals surface area (Å²) in [5, 5.41) is 21.9. The van der Waals surface area contributed by atoms with Crippen LogP contribution >= 0.6 is 0 Å². The number of aromatic hydroxyl groups is 1. The minimum absolute atomic E-state index is 0.0256. The van der Waals surface area contributed by atoms with Gasteiger partial charge in [0.15, 0.2) is 23.9 Å². The maximum Gasteiger partial charge on any atom is 0.303 e. The van der Waals surface area contributed by atoms with E-state index < -0.39 is 66.7 Å². The number of phenolic OH excluding ortho intramolecular Hbond substituents is 1. The van der Waals surface area contributed by atoms with Crippen molar-refractivity contribution < 1.29 is 57.8 Å². The quantitative estimate of drug-likeness (QED) is 0.331. The lowest BCUT2D eigenvalue weighted by atomic mass is 9.82. The van der Waals surface area contributed by atoms with Crippen LogP contribution in [0.3, 0.4) is 0 Å². The summed E-state index contributed by atoms with van der Waals surface area (Å²) in [6, 6.07) is 4.60. The fourth-order valence-corrected chi connectivity index (χ4v) is 5.11. The Bertz CT molecular complexity index is 1040. The van der Waals surface area contributed by atoms with Crippen molar-refractivity contribution in [2.24, 2.45) is 17.8 Å². The largest absolute Gasteiger partial charge is 0.504 e. The molecule has 0 saturated carbocycles. The molecule has 2 heterocycles. The number of carbonyl (C=O) groups is 3. The van der Waals surface area contributed by atoms with Gasteiger partial charge in [0.25, 0.3) is 0 Å². The zero-order valence-corrected chi connectivity index (χ0v) is 23.9. The number of hydrogen-bond donors (Lipinski definition) is 2. The molecule has 2 aliphatic rings. The van der Waals surface area contributed by atoms with Crippen LogP contribution in [0.5, 0.6) is 11.5 Å². The van der Waals surface area contributed by atoms with E-state index in [0.29, 0.717) is 5.56 Å². The molecule has 40 heavy (non-hydrogen) atoms. The van der Waals surface area contributed by atoms with Crippen LogP contribution in [-0.2, 0) is 42.8 Å². The van der Waals surface area contributed by atoms with E-state index in [1.807, 2.05) is 13.8 Å². The van der Waals surface area contributed by atoms with E-state index in [0.717, 1.165) is 0 Å². The van der Waals surface area contributed by atoms with Crippen molar-refractivity contribution in [3.8, 4) is 11.5 Å². The average Bonchev–Trinajstić information content (AvgIpc) is 2.88. The summed E-state index contributed by atoms with van der Waals surface area (Å²) in [7, 11) is 1.42. The minimum atomic E-state index is -1.26. The second kappa shape index (κ2) is 13.6. The van der Waals surface area contributed by atoms with Gasteiger partial charge < -0.3 is 43.4 Å². The zero-order valence-electron chi connectivity index (χ0n) is 23.9. The molecule has 0 unspecified atom stereocenters. The number of aliphatic hydroxyl groups excluding tert-OH is 1. The van der Waals surface area contributed by atoms with Crippen molar-refractivity contribution in [3.05, 3.63) is 23.8 Å². The lowest BCUT2D eigenvalue weighted by Gasteiger charge is -2.48. The van der Waals surface area contributed by atoms with Crippen LogP contribution in [0.1, 0.15) is 53.2 Å². The summed E-state index contributed by atoms with van der Waals surface area (Å²) in [6.45, 7) is 9.29. The molecular weight excluding hydrogens is 528 g/mol. The first kappa shape index (κ1) is 31.6. The Morgan fingerprint density at radius 1 is 0.850 bits per heavy atom. The molecule has 2 aliphatic heterocycles. The van der Waals surface area contributed by atoms with Crippen LogP contribution in [0.4, 0.5) is 0 Å². The van der Waals surface area contributed by atoms with Gasteiger partial charge >= 0.3 is 17.9 Å². The highest BCUT2D eigenvalue weighted by molar-refractivity contribution is 5.66. The van der Waals surface area contributed by atoms with Gasteiger partial charge in [-0.3, -0.25) is 14.4 Å². The third kappa shape index (κ3) is 7.42. The molecule has 10 atom stereocenters. The molecule has 0 spiro atoms. The van der Waals surface area contributed by atoms with Crippen molar-refractivity contribution in [2.75, 3.05) is 20.3 Å². The van der Waals surface area contributed by atoms with Gasteiger partial charge in [0.05, 0.1) is 25.4 Å². The summed E-state index contributed by atoms with van der Waals surface area (Å²) < 4.78 is 39.9. The lowest BCUT2D eigenvalue weighted by molar-refractivity contribution is -0.324. The van der Waals surface area contributed by atoms with Gasteiger partial charge in [0, 0.05) is 32.6 Å². The predicted molar refractivity (Wildman–Crippen MR) is 138 cm³/mol. The van der Waals surface area contributed by atoms with E-state index in [1.54, 1.807) is 19.1 Å². The Kier molecular flexibility index (Phi) is 10.8. The molecule has 0 aliphatic carbocycles. The molecule has 2 fully saturated rings. The molecule has 0 radical (unpaired) electrons. The first-order chi connectivity index (χ1) is 18.8. The van der Waals surface area contributed by atoms with Crippen molar-refractivity contribution in [1.82, 2.24) is 0 Å². The van der Waals surface area contributed by atoms with E-state index in [2.05, 4.69) is 0 Å². The number of hydrogen-bond acceptors (Lipinski definition) is 12. The smallest absolute Gasteiger partial charge is 0.303 e. The number of methoxy groups -OCH3 is 1. The zero-order chi connectivity index (χ0) is 29.7. The fourth-order valence-electron chi connectivity index (χ4n) is 5.11. The lowest BCUT2D eigenvalue weighted by Crippen LogP contribution is -2.58. The highest BCUT2D eigenvalue weighted by atomic mass is 16.7. The van der Waals surface area contributed by atoms with Gasteiger partial charge in [-0.1, -0.05) is 26.8 Å². The van der Waals surface area contributed by atoms with Crippen molar-refractivity contribution in [2.45, 2.75) is 84.5 Å². The third-order valence-electron chi connectivity index (χ3n) is 7.61. The molecule has 12 heteroatoms. The highest BCUT2D eigenvalue weighted by Gasteiger charge is 2.50. The molecule has 1 aromatic carbocycles. The highest BCUT2D eigenvalue weighted by Crippen LogP contribution is 2.42. The molecule has 3 rings (SSSR count). The van der Waals surface area contributed by atoms with Crippen LogP contribution in [0.15, 0.2) is 18.2 Å². The fraction of sp³-hybridized carbons (Fsp3) is 0.679. The topological polar surface area (TPSA) is 156 Å². The molecule has 1 aromatic rings. The maximum absolute atomic E-state index is 12.0. The molecule has 12 nitrogen and oxygen atoms in total. The average molecular weight is 569 g/mol. The maximum atomic E-state index is 12.0. The summed E-state index contributed by atoms with van der Waals surface area (Å²) in [4.78, 5) is 35.0. The van der Waals surface area contributed by atoms with Gasteiger partial charge in [-0.15, -0.1) is 0 Å². The van der Waals surface area contributed by atoms with E-state index in [1.165, 1.54) is 33.9 Å². The van der Waals surface area contributed by atoms with Gasteiger partial charge in [0.2, 0.25) is 0 Å². The normalized spacial score (nSPS) is 34.0. The molecule has 2 saturated heterocycles. The molecule has 224 valence electrons. The second-order valence-corrected chi connectivity index (χ2v) is 10.4. The summed E-state index contributed by atoms with van der Waals surface area (Å²) in [6.07, 6.45) is -6.39. The van der Waals surface area contributed by atoms with Gasteiger partial charge in [0.1, 0.15) is 25.4 Å². The Labute approximate surface area is 233 Å². The van der Waals surface area contributed by atoms with Gasteiger partial charge in [-0.25, -0.2) is 0 Å². The Morgan fingerprint density at radius 3 is 1.98 bits per heavy atom. The first-order valence-corrected chi connectivity index (χ1v) is 13.3. The monoisotopic (exact) mass is 568 g/mol. The second-order valence-electron chi connectivity index (χ2n) is 10.4. The van der Waals surface area contributed by atoms with Crippen LogP contribution in [0, 0.1) is 17.8 Å². The molecule has 0 amide bonds. The van der Waals surface area contributed by atoms with Crippen molar-refractivity contribution in [1.29, 1.82) is 0 Å². The van der Waals surface area contributed by atoms with E-state index in [9.17, 15) is 24.6 Å². The number of carbonyl (C=O) groups excluding carboxylic acids is 3. The van der Waals surface area contributed by atoms with Gasteiger partial charge in [-0.05, 0) is 23.6 Å². The molecule has 2 N–H and O–H groups in total. The summed E-state index contributed by atoms with van der Waals surface area (Å²) in [5.74, 6) is -2.32. The number of aliphatic hydroxyl groups is 1. The molecular formula is C28H40O12. The van der Waals surface area contributed by atoms with Crippen LogP contribution in [-0.4, -0.2) is 85.3 Å². The van der Waals surface area contributed by atoms with E-state index in [4.69, 9.17) is 33.2 Å². The van der Waals surface area contributed by atoms with Crippen LogP contribution in [0.25, 0.3) is 0 Å². The first-order valence-electron chi connectivity index (χ1n) is 13.3. The van der Waals surface area contributed by atoms with Crippen molar-refractivity contribution >= 4 is 17.9 Å². The van der Waals surface area contributed by atoms with Gasteiger partial charge in [-0.2, -0.15) is 0 Å². The molecule has 0 bridgehead atoms. The minimum Gasteiger partial charge on any atom is -0.504 e. The number of benzene rings is 1. The summed E-state index contributed by atoms with van der Waals surface area (Å²) in [5.41, 5.74) is 0.440. The summed E-state index contributed by atoms with van der Waals surface area (Å²) >= 11 is 0. The Hall–Kier alpha value is -2.93.